The van der Waals surface area contributed by atoms with E-state index in [1.54, 1.807) is 6.07 Å². The molecule has 0 aliphatic rings. The van der Waals surface area contributed by atoms with Crippen LogP contribution in [0.4, 0.5) is 0 Å². The minimum absolute atomic E-state index is 0.0224. The molecule has 0 saturated heterocycles. The van der Waals surface area contributed by atoms with E-state index in [-0.39, 0.29) is 18.7 Å². The highest BCUT2D eigenvalue weighted by atomic mass is 35.5. The maximum absolute atomic E-state index is 11.9. The normalized spacial score (nSPS) is 10.9. The summed E-state index contributed by atoms with van der Waals surface area (Å²) in [6, 6.07) is 9.08. The number of nitrogens with one attached hydrogen (secondary N) is 2. The molecule has 3 N–H and O–H groups in total. The molecule has 1 aromatic carbocycles. The van der Waals surface area contributed by atoms with Gasteiger partial charge in [0.15, 0.2) is 0 Å². The number of carbonyl (C=O) groups is 1. The van der Waals surface area contributed by atoms with Gasteiger partial charge in [-0.05, 0) is 30.9 Å². The maximum atomic E-state index is 11.9. The van der Waals surface area contributed by atoms with Gasteiger partial charge in [0.05, 0.1) is 0 Å². The Kier molecular flexibility index (Phi) is 8.73. The summed E-state index contributed by atoms with van der Waals surface area (Å²) in [6.07, 6.45) is 3.95. The lowest BCUT2D eigenvalue weighted by atomic mass is 10.2. The Labute approximate surface area is 135 Å². The summed E-state index contributed by atoms with van der Waals surface area (Å²) in [5.41, 5.74) is 0.820. The molecular formula is C16H20ClN3O2. The SMILES string of the molecule is N#C/C(=C/NCCCCCO)C(=O)NCc1ccccc1Cl. The van der Waals surface area contributed by atoms with Gasteiger partial charge in [0.2, 0.25) is 0 Å². The number of hydrogen-bond donors (Lipinski definition) is 3. The van der Waals surface area contributed by atoms with Gasteiger partial charge in [-0.2, -0.15) is 5.26 Å². The van der Waals surface area contributed by atoms with Crippen LogP contribution in [0.25, 0.3) is 0 Å². The second-order valence-electron chi connectivity index (χ2n) is 4.68. The molecule has 5 nitrogen and oxygen atoms in total. The van der Waals surface area contributed by atoms with Crippen molar-refractivity contribution < 1.29 is 9.90 Å². The first-order valence-corrected chi connectivity index (χ1v) is 7.53. The molecule has 0 aliphatic heterocycles. The number of rotatable bonds is 9. The lowest BCUT2D eigenvalue weighted by molar-refractivity contribution is -0.117. The van der Waals surface area contributed by atoms with E-state index in [0.29, 0.717) is 11.6 Å². The second kappa shape index (κ2) is 10.7. The van der Waals surface area contributed by atoms with Crippen molar-refractivity contribution in [3.8, 4) is 6.07 Å². The van der Waals surface area contributed by atoms with E-state index in [2.05, 4.69) is 10.6 Å². The minimum Gasteiger partial charge on any atom is -0.396 e. The third kappa shape index (κ3) is 6.61. The number of unbranched alkanes of at least 4 members (excludes halogenated alkanes) is 2. The van der Waals surface area contributed by atoms with Crippen molar-refractivity contribution in [2.75, 3.05) is 13.2 Å². The second-order valence-corrected chi connectivity index (χ2v) is 5.09. The summed E-state index contributed by atoms with van der Waals surface area (Å²) in [6.45, 7) is 1.11. The summed E-state index contributed by atoms with van der Waals surface area (Å²) < 4.78 is 0. The Bertz CT molecular complexity index is 553. The van der Waals surface area contributed by atoms with Gasteiger partial charge in [0.1, 0.15) is 11.6 Å². The molecule has 1 rings (SSSR count). The van der Waals surface area contributed by atoms with Crippen LogP contribution < -0.4 is 10.6 Å². The Morgan fingerprint density at radius 3 is 2.77 bits per heavy atom. The predicted molar refractivity (Wildman–Crippen MR) is 85.9 cm³/mol. The van der Waals surface area contributed by atoms with Crippen LogP contribution in [-0.4, -0.2) is 24.2 Å². The zero-order valence-electron chi connectivity index (χ0n) is 12.3. The van der Waals surface area contributed by atoms with E-state index in [9.17, 15) is 4.79 Å². The molecule has 0 spiro atoms. The standard InChI is InChI=1S/C16H20ClN3O2/c17-15-7-3-2-6-13(15)12-20-16(22)14(10-18)11-19-8-4-1-5-9-21/h2-3,6-7,11,19,21H,1,4-5,8-9,12H2,(H,20,22)/b14-11-. The molecule has 0 bridgehead atoms. The molecule has 0 aliphatic carbocycles. The minimum atomic E-state index is -0.440. The van der Waals surface area contributed by atoms with Crippen LogP contribution in [-0.2, 0) is 11.3 Å². The monoisotopic (exact) mass is 321 g/mol. The summed E-state index contributed by atoms with van der Waals surface area (Å²) in [5, 5.41) is 23.8. The third-order valence-corrected chi connectivity index (χ3v) is 3.36. The van der Waals surface area contributed by atoms with E-state index < -0.39 is 5.91 Å². The van der Waals surface area contributed by atoms with Gasteiger partial charge in [-0.15, -0.1) is 0 Å². The summed E-state index contributed by atoms with van der Waals surface area (Å²) in [5.74, 6) is -0.440. The average Bonchev–Trinajstić information content (AvgIpc) is 2.53. The van der Waals surface area contributed by atoms with E-state index >= 15 is 0 Å². The van der Waals surface area contributed by atoms with Crippen LogP contribution in [0.15, 0.2) is 36.0 Å². The Balaban J connectivity index is 2.41. The molecule has 0 aromatic heterocycles. The van der Waals surface area contributed by atoms with E-state index in [1.807, 2.05) is 24.3 Å². The number of benzene rings is 1. The number of halogens is 1. The van der Waals surface area contributed by atoms with Gasteiger partial charge >= 0.3 is 0 Å². The van der Waals surface area contributed by atoms with Crippen LogP contribution in [0.1, 0.15) is 24.8 Å². The highest BCUT2D eigenvalue weighted by Gasteiger charge is 2.09. The molecule has 0 saturated carbocycles. The third-order valence-electron chi connectivity index (χ3n) is 2.99. The molecule has 0 fully saturated rings. The van der Waals surface area contributed by atoms with Crippen molar-refractivity contribution in [2.24, 2.45) is 0 Å². The van der Waals surface area contributed by atoms with Crippen molar-refractivity contribution in [2.45, 2.75) is 25.8 Å². The number of carbonyl (C=O) groups excluding carboxylic acids is 1. The molecule has 0 unspecified atom stereocenters. The molecule has 0 atom stereocenters. The number of aliphatic hydroxyl groups excluding tert-OH is 1. The number of nitrogens with zero attached hydrogens (tertiary/aromatic N) is 1. The number of aliphatic hydroxyl groups is 1. The first kappa shape index (κ1) is 18.0. The van der Waals surface area contributed by atoms with Crippen LogP contribution in [0.2, 0.25) is 5.02 Å². The van der Waals surface area contributed by atoms with Gasteiger partial charge in [-0.3, -0.25) is 4.79 Å². The van der Waals surface area contributed by atoms with Crippen molar-refractivity contribution in [3.05, 3.63) is 46.6 Å². The average molecular weight is 322 g/mol. The highest BCUT2D eigenvalue weighted by Crippen LogP contribution is 2.14. The summed E-state index contributed by atoms with van der Waals surface area (Å²) in [7, 11) is 0. The summed E-state index contributed by atoms with van der Waals surface area (Å²) >= 11 is 6.00. The van der Waals surface area contributed by atoms with Gasteiger partial charge in [-0.1, -0.05) is 29.8 Å². The molecule has 0 radical (unpaired) electrons. The predicted octanol–water partition coefficient (Wildman–Crippen LogP) is 2.12. The largest absolute Gasteiger partial charge is 0.396 e. The first-order chi connectivity index (χ1) is 10.7. The van der Waals surface area contributed by atoms with E-state index in [4.69, 9.17) is 22.0 Å². The molecular weight excluding hydrogens is 302 g/mol. The van der Waals surface area contributed by atoms with E-state index in [0.717, 1.165) is 24.8 Å². The quantitative estimate of drug-likeness (QED) is 0.369. The number of nitriles is 1. The van der Waals surface area contributed by atoms with Gasteiger partial charge in [0, 0.05) is 30.9 Å². The van der Waals surface area contributed by atoms with Gasteiger partial charge < -0.3 is 15.7 Å². The Morgan fingerprint density at radius 2 is 2.09 bits per heavy atom. The van der Waals surface area contributed by atoms with Crippen LogP contribution >= 0.6 is 11.6 Å². The number of amides is 1. The number of hydrogen-bond acceptors (Lipinski definition) is 4. The Hall–Kier alpha value is -2.03. The van der Waals surface area contributed by atoms with E-state index in [1.165, 1.54) is 6.20 Å². The molecule has 1 aromatic rings. The lowest BCUT2D eigenvalue weighted by Gasteiger charge is -2.06. The molecule has 1 amide bonds. The van der Waals surface area contributed by atoms with Gasteiger partial charge in [-0.25, -0.2) is 0 Å². The highest BCUT2D eigenvalue weighted by molar-refractivity contribution is 6.31. The summed E-state index contributed by atoms with van der Waals surface area (Å²) in [4.78, 5) is 11.9. The maximum Gasteiger partial charge on any atom is 0.263 e. The fraction of sp³-hybridized carbons (Fsp3) is 0.375. The van der Waals surface area contributed by atoms with Crippen LogP contribution in [0.5, 0.6) is 0 Å². The van der Waals surface area contributed by atoms with Crippen molar-refractivity contribution in [3.63, 3.8) is 0 Å². The molecule has 0 heterocycles. The lowest BCUT2D eigenvalue weighted by Crippen LogP contribution is -2.25. The molecule has 22 heavy (non-hydrogen) atoms. The fourth-order valence-corrected chi connectivity index (χ4v) is 1.95. The smallest absolute Gasteiger partial charge is 0.263 e. The van der Waals surface area contributed by atoms with Crippen molar-refractivity contribution in [1.29, 1.82) is 5.26 Å². The zero-order chi connectivity index (χ0) is 16.2. The topological polar surface area (TPSA) is 85.2 Å². The molecule has 6 heteroatoms. The van der Waals surface area contributed by atoms with Crippen molar-refractivity contribution >= 4 is 17.5 Å². The molecule has 118 valence electrons. The zero-order valence-corrected chi connectivity index (χ0v) is 13.1. The first-order valence-electron chi connectivity index (χ1n) is 7.15. The van der Waals surface area contributed by atoms with Crippen molar-refractivity contribution in [1.82, 2.24) is 10.6 Å². The van der Waals surface area contributed by atoms with Crippen LogP contribution in [0.3, 0.4) is 0 Å². The van der Waals surface area contributed by atoms with Crippen LogP contribution in [0, 0.1) is 11.3 Å². The fourth-order valence-electron chi connectivity index (χ4n) is 1.75. The Morgan fingerprint density at radius 1 is 1.32 bits per heavy atom. The van der Waals surface area contributed by atoms with Gasteiger partial charge in [0.25, 0.3) is 5.91 Å².